The second-order valence-corrected chi connectivity index (χ2v) is 24.4. The number of nitrogens with zero attached hydrogens (tertiary/aromatic N) is 1. The molecule has 3 aliphatic heterocycles. The van der Waals surface area contributed by atoms with E-state index < -0.39 is 71.1 Å². The van der Waals surface area contributed by atoms with Crippen molar-refractivity contribution in [1.82, 2.24) is 16.0 Å². The molecule has 2 saturated carbocycles. The second kappa shape index (κ2) is 29.2. The number of aromatic hydroxyl groups is 1. The third kappa shape index (κ3) is 15.2. The van der Waals surface area contributed by atoms with Crippen LogP contribution >= 0.6 is 0 Å². The van der Waals surface area contributed by atoms with Crippen molar-refractivity contribution < 1.29 is 45.0 Å². The number of nitrogens with two attached hydrogens (primary N) is 3. The lowest BCUT2D eigenvalue weighted by atomic mass is 9.52. The van der Waals surface area contributed by atoms with Gasteiger partial charge in [-0.05, 0) is 178 Å². The van der Waals surface area contributed by atoms with Crippen molar-refractivity contribution in [3.63, 3.8) is 0 Å². The molecular formula is C68H91N7O9. The first-order valence-corrected chi connectivity index (χ1v) is 30.2. The fourth-order valence-electron chi connectivity index (χ4n) is 14.2. The minimum absolute atomic E-state index is 0.0294. The number of amides is 1. The van der Waals surface area contributed by atoms with Crippen molar-refractivity contribution >= 4 is 17.6 Å². The third-order valence-electron chi connectivity index (χ3n) is 18.8. The molecule has 0 saturated heterocycles. The van der Waals surface area contributed by atoms with Crippen LogP contribution in [-0.4, -0.2) is 118 Å². The summed E-state index contributed by atoms with van der Waals surface area (Å²) in [5.74, 6) is 3.80. The lowest BCUT2D eigenvalue weighted by Crippen LogP contribution is -2.59. The van der Waals surface area contributed by atoms with Crippen LogP contribution in [0.4, 0.5) is 0 Å². The Kier molecular flexibility index (Phi) is 22.2. The number of aliphatic imine (C=N–C) groups is 1. The minimum atomic E-state index is -1.38. The smallest absolute Gasteiger partial charge is 0.243 e. The molecule has 0 unspecified atom stereocenters. The highest BCUT2D eigenvalue weighted by Gasteiger charge is 2.64. The van der Waals surface area contributed by atoms with Gasteiger partial charge in [-0.2, -0.15) is 0 Å². The van der Waals surface area contributed by atoms with Gasteiger partial charge in [-0.15, -0.1) is 0 Å². The quantitative estimate of drug-likeness (QED) is 0.0328. The summed E-state index contributed by atoms with van der Waals surface area (Å²) in [6.07, 6.45) is 11.1. The van der Waals surface area contributed by atoms with E-state index in [0.717, 1.165) is 71.2 Å². The zero-order chi connectivity index (χ0) is 60.1. The van der Waals surface area contributed by atoms with Crippen LogP contribution in [0.2, 0.25) is 0 Å². The van der Waals surface area contributed by atoms with E-state index in [2.05, 4.69) is 52.4 Å². The zero-order valence-electron chi connectivity index (χ0n) is 49.4. The first kappa shape index (κ1) is 63.8. The Bertz CT molecular complexity index is 3020. The largest absolute Gasteiger partial charge is 0.508 e. The maximum atomic E-state index is 15.2. The van der Waals surface area contributed by atoms with E-state index in [1.807, 2.05) is 74.5 Å². The van der Waals surface area contributed by atoms with Gasteiger partial charge < -0.3 is 63.2 Å². The number of phenolic OH excluding ortho intramolecular Hbond substituents is 1. The molecule has 3 aromatic carbocycles. The summed E-state index contributed by atoms with van der Waals surface area (Å²) in [6.45, 7) is 11.6. The molecule has 12 atom stereocenters. The highest BCUT2D eigenvalue weighted by Crippen LogP contribution is 2.63. The number of aliphatic hydroxyl groups excluding tert-OH is 4. The highest BCUT2D eigenvalue weighted by molar-refractivity contribution is 5.98. The third-order valence-corrected chi connectivity index (χ3v) is 18.8. The van der Waals surface area contributed by atoms with Gasteiger partial charge in [-0.3, -0.25) is 19.9 Å². The van der Waals surface area contributed by atoms with Crippen molar-refractivity contribution in [3.8, 4) is 17.6 Å². The number of guanidine groups is 1. The molecule has 3 aromatic rings. The molecule has 15 N–H and O–H groups in total. The number of aliphatic hydroxyl groups is 5. The van der Waals surface area contributed by atoms with Crippen LogP contribution in [0.5, 0.6) is 5.75 Å². The molecule has 84 heavy (non-hydrogen) atoms. The van der Waals surface area contributed by atoms with Crippen molar-refractivity contribution in [2.45, 2.75) is 159 Å². The molecule has 5 aliphatic rings. The molecule has 0 radical (unpaired) electrons. The van der Waals surface area contributed by atoms with Crippen molar-refractivity contribution in [3.05, 3.63) is 159 Å². The van der Waals surface area contributed by atoms with Crippen LogP contribution in [0.15, 0.2) is 130 Å². The summed E-state index contributed by atoms with van der Waals surface area (Å²) in [4.78, 5) is 33.9. The fourth-order valence-corrected chi connectivity index (χ4v) is 14.2. The van der Waals surface area contributed by atoms with Gasteiger partial charge in [0.25, 0.3) is 0 Å². The van der Waals surface area contributed by atoms with Crippen LogP contribution in [-0.2, 0) is 33.6 Å². The number of unbranched alkanes of at least 4 members (excludes halogenated alkanes) is 2. The zero-order valence-corrected chi connectivity index (χ0v) is 49.4. The number of allylic oxidation sites excluding steroid dienone is 5. The molecule has 2 bridgehead atoms. The SMILES string of the molecule is C=C1/C=C/C=C(\[C@H]2CC[C@@]3([C@@H]4CC[C@H](O)Cc5cccc(c5)C[C@H]([C@H](CN=C(N)N)c5ccc(O)cc5)[C@H](O)CN[C@H]5C(=O)N[C@@H](N)c6cccc(c65)CC(=O)C(C)=C4CC[C@@]3(C)O)[C@@H]2O)COCC#CC/C(C)=C/C[C@@H]1NCCCCCO. The highest BCUT2D eigenvalue weighted by atomic mass is 16.5. The number of hydrogen-bond acceptors (Lipinski definition) is 13. The lowest BCUT2D eigenvalue weighted by Gasteiger charge is -2.56. The van der Waals surface area contributed by atoms with Crippen molar-refractivity contribution in [1.29, 1.82) is 0 Å². The van der Waals surface area contributed by atoms with Gasteiger partial charge in [-0.1, -0.05) is 108 Å². The number of β-amino-alcohol motifs (C(OH)–C–C–N with tert-alkyl or cyclic N) is 1. The maximum absolute atomic E-state index is 15.2. The maximum Gasteiger partial charge on any atom is 0.243 e. The number of rotatable bonds is 11. The van der Waals surface area contributed by atoms with Gasteiger partial charge >= 0.3 is 0 Å². The monoisotopic (exact) mass is 1150 g/mol. The van der Waals surface area contributed by atoms with E-state index in [0.29, 0.717) is 73.6 Å². The first-order chi connectivity index (χ1) is 40.3. The number of ketones is 1. The molecule has 16 heteroatoms. The summed E-state index contributed by atoms with van der Waals surface area (Å²) in [7, 11) is 0. The molecule has 8 rings (SSSR count). The van der Waals surface area contributed by atoms with Crippen LogP contribution < -0.4 is 33.2 Å². The van der Waals surface area contributed by atoms with Gasteiger partial charge in [0.15, 0.2) is 11.7 Å². The predicted molar refractivity (Wildman–Crippen MR) is 329 cm³/mol. The number of phenols is 1. The molecule has 2 fully saturated rings. The average molecular weight is 1150 g/mol. The van der Waals surface area contributed by atoms with E-state index in [-0.39, 0.29) is 69.3 Å². The molecule has 452 valence electrons. The van der Waals surface area contributed by atoms with E-state index in [1.54, 1.807) is 24.3 Å². The van der Waals surface area contributed by atoms with Crippen LogP contribution in [0.25, 0.3) is 0 Å². The molecule has 16 nitrogen and oxygen atoms in total. The molecule has 3 heterocycles. The lowest BCUT2D eigenvalue weighted by molar-refractivity contribution is -0.168. The number of ether oxygens (including phenoxy) is 1. The predicted octanol–water partition coefficient (Wildman–Crippen LogP) is 6.35. The summed E-state index contributed by atoms with van der Waals surface area (Å²) in [6, 6.07) is 19.1. The van der Waals surface area contributed by atoms with E-state index in [1.165, 1.54) is 0 Å². The Morgan fingerprint density at radius 2 is 1.73 bits per heavy atom. The van der Waals surface area contributed by atoms with E-state index in [4.69, 9.17) is 21.9 Å². The molecule has 1 amide bonds. The van der Waals surface area contributed by atoms with Crippen molar-refractivity contribution in [2.24, 2.45) is 45.4 Å². The number of hydrogen-bond donors (Lipinski definition) is 12. The Balaban J connectivity index is 1.18. The van der Waals surface area contributed by atoms with Crippen LogP contribution in [0, 0.1) is 35.0 Å². The molecular weight excluding hydrogens is 1060 g/mol. The number of carbonyl (C=O) groups excluding carboxylic acids is 2. The molecule has 0 aromatic heterocycles. The van der Waals surface area contributed by atoms with Gasteiger partial charge in [0.1, 0.15) is 24.6 Å². The summed E-state index contributed by atoms with van der Waals surface area (Å²) < 4.78 is 6.27. The Morgan fingerprint density at radius 3 is 2.49 bits per heavy atom. The topological polar surface area (TPSA) is 291 Å². The number of Topliss-reactive ketones (excluding diaryl/α,β-unsaturated/α-hetero) is 1. The number of nitrogens with one attached hydrogen (secondary N) is 3. The van der Waals surface area contributed by atoms with Gasteiger partial charge in [0, 0.05) is 55.8 Å². The average Bonchev–Trinajstić information content (AvgIpc) is 2.92. The fraction of sp³-hybridized carbons (Fsp3) is 0.515. The van der Waals surface area contributed by atoms with Crippen LogP contribution in [0.1, 0.15) is 143 Å². The van der Waals surface area contributed by atoms with Crippen LogP contribution in [0.3, 0.4) is 0 Å². The van der Waals surface area contributed by atoms with Gasteiger partial charge in [0.2, 0.25) is 5.91 Å². The second-order valence-electron chi connectivity index (χ2n) is 24.4. The Morgan fingerprint density at radius 1 is 0.964 bits per heavy atom. The van der Waals surface area contributed by atoms with E-state index >= 15 is 4.79 Å². The molecule has 2 aliphatic carbocycles. The number of carbonyl (C=O) groups is 2. The summed E-state index contributed by atoms with van der Waals surface area (Å²) >= 11 is 0. The van der Waals surface area contributed by atoms with Crippen molar-refractivity contribution in [2.75, 3.05) is 39.5 Å². The summed E-state index contributed by atoms with van der Waals surface area (Å²) in [5.41, 5.74) is 24.5. The Labute approximate surface area is 496 Å². The number of benzene rings is 3. The number of fused-ring (bicyclic) bond motifs is 4. The first-order valence-electron chi connectivity index (χ1n) is 30.2. The summed E-state index contributed by atoms with van der Waals surface area (Å²) in [5, 5.41) is 80.5. The van der Waals surface area contributed by atoms with E-state index in [9.17, 15) is 35.4 Å². The Hall–Kier alpha value is -6.23. The van der Waals surface area contributed by atoms with Gasteiger partial charge in [0.05, 0.1) is 30.5 Å². The standard InChI is InChI=1S/C68H91N7O9/c1-42-13-6-9-34-84-41-49(18-10-14-43(2)58(27-20-42)72-32-7-5-8-33-76)53-29-31-68(63(53)81)57-26-25-51(78)36-45-15-11-16-46(35-45)37-55(56(39-74-66(70)71)47-21-23-50(77)24-22-47)60(80)40-73-62-61-48(17-12-19-54(61)64(69)75-65(62)82)38-59(79)44(3)52(57)28-30-67(68,4)83/h10-12,14-24,35,51,53,55-58,60,62-64,72-73,76-78,80-81,83H,2,5,7-8,13,25-34,36-41,69H2,1,3-4H3,(H,75,82)(H4,70,71,74)/b14-10+,42-20+,49-18-,52-44?/t51-,53+,55+,56+,57+,58-,60+,62+,63+,64+,67+,68+/m0/s1. The minimum Gasteiger partial charge on any atom is -0.508 e. The molecule has 1 spiro atoms. The normalized spacial score (nSPS) is 31.4. The van der Waals surface area contributed by atoms with Gasteiger partial charge in [-0.25, -0.2) is 0 Å².